The molecule has 0 aliphatic carbocycles. The number of anilines is 1. The van der Waals surface area contributed by atoms with Crippen molar-refractivity contribution in [3.63, 3.8) is 0 Å². The van der Waals surface area contributed by atoms with E-state index >= 15 is 0 Å². The Morgan fingerprint density at radius 2 is 1.67 bits per heavy atom. The second kappa shape index (κ2) is 7.45. The Morgan fingerprint density at radius 3 is 2.22 bits per heavy atom. The fourth-order valence-corrected chi connectivity index (χ4v) is 1.41. The van der Waals surface area contributed by atoms with Gasteiger partial charge in [0.1, 0.15) is 0 Å². The lowest BCUT2D eigenvalue weighted by Crippen LogP contribution is -2.36. The zero-order valence-electron chi connectivity index (χ0n) is 10.7. The van der Waals surface area contributed by atoms with Crippen LogP contribution in [0.5, 0.6) is 0 Å². The van der Waals surface area contributed by atoms with Gasteiger partial charge in [0.15, 0.2) is 0 Å². The summed E-state index contributed by atoms with van der Waals surface area (Å²) in [5, 5.41) is 7.97. The molecule has 5 nitrogen and oxygen atoms in total. The van der Waals surface area contributed by atoms with Gasteiger partial charge in [0.25, 0.3) is 0 Å². The zero-order valence-corrected chi connectivity index (χ0v) is 10.7. The van der Waals surface area contributed by atoms with E-state index in [0.717, 1.165) is 12.1 Å². The van der Waals surface area contributed by atoms with Crippen LogP contribution in [0.3, 0.4) is 0 Å². The van der Waals surface area contributed by atoms with Gasteiger partial charge in [-0.05, 0) is 24.1 Å². The Bertz CT molecular complexity index is 401. The van der Waals surface area contributed by atoms with E-state index in [1.807, 2.05) is 24.3 Å². The first-order chi connectivity index (χ1) is 8.65. The molecule has 5 heteroatoms. The molecule has 0 aliphatic rings. The number of benzene rings is 1. The van der Waals surface area contributed by atoms with Crippen molar-refractivity contribution in [1.29, 1.82) is 0 Å². The Kier molecular flexibility index (Phi) is 5.87. The molecule has 0 atom stereocenters. The number of carbonyl (C=O) groups excluding carboxylic acids is 2. The minimum Gasteiger partial charge on any atom is -0.358 e. The molecule has 1 aromatic rings. The Hall–Kier alpha value is -1.88. The normalized spacial score (nSPS) is 9.89. The molecular formula is C13H19N3O2. The van der Waals surface area contributed by atoms with Crippen molar-refractivity contribution in [3.8, 4) is 0 Å². The van der Waals surface area contributed by atoms with Crippen LogP contribution in [0.1, 0.15) is 12.5 Å². The van der Waals surface area contributed by atoms with E-state index in [4.69, 9.17) is 0 Å². The van der Waals surface area contributed by atoms with Gasteiger partial charge in [0, 0.05) is 12.7 Å². The number of amides is 2. The van der Waals surface area contributed by atoms with Crippen LogP contribution in [0.4, 0.5) is 5.69 Å². The first kappa shape index (κ1) is 14.2. The summed E-state index contributed by atoms with van der Waals surface area (Å²) in [6.07, 6.45) is 0.974. The molecule has 0 fully saturated rings. The Balaban J connectivity index is 2.32. The van der Waals surface area contributed by atoms with Crippen LogP contribution < -0.4 is 16.0 Å². The van der Waals surface area contributed by atoms with Crippen LogP contribution in [-0.2, 0) is 16.0 Å². The summed E-state index contributed by atoms with van der Waals surface area (Å²) in [4.78, 5) is 22.4. The van der Waals surface area contributed by atoms with Crippen LogP contribution in [-0.4, -0.2) is 32.0 Å². The topological polar surface area (TPSA) is 70.2 Å². The molecule has 0 aromatic heterocycles. The number of rotatable bonds is 6. The first-order valence-electron chi connectivity index (χ1n) is 5.95. The number of likely N-dealkylation sites (N-methyl/N-ethyl adjacent to an activating group) is 1. The lowest BCUT2D eigenvalue weighted by molar-refractivity contribution is -0.119. The summed E-state index contributed by atoms with van der Waals surface area (Å²) in [6, 6.07) is 7.70. The van der Waals surface area contributed by atoms with E-state index in [0.29, 0.717) is 0 Å². The molecule has 2 amide bonds. The molecule has 1 aromatic carbocycles. The largest absolute Gasteiger partial charge is 0.358 e. The van der Waals surface area contributed by atoms with Gasteiger partial charge in [-0.3, -0.25) is 14.9 Å². The SMILES string of the molecule is CCc1ccc(NC(=O)CNCC(=O)NC)cc1. The molecule has 0 unspecified atom stereocenters. The predicted molar refractivity (Wildman–Crippen MR) is 71.4 cm³/mol. The van der Waals surface area contributed by atoms with Gasteiger partial charge in [0.05, 0.1) is 13.1 Å². The fourth-order valence-electron chi connectivity index (χ4n) is 1.41. The van der Waals surface area contributed by atoms with Gasteiger partial charge in [-0.1, -0.05) is 19.1 Å². The van der Waals surface area contributed by atoms with Gasteiger partial charge in [0.2, 0.25) is 11.8 Å². The number of hydrogen-bond donors (Lipinski definition) is 3. The van der Waals surface area contributed by atoms with Gasteiger partial charge in [-0.25, -0.2) is 0 Å². The average molecular weight is 249 g/mol. The maximum absolute atomic E-state index is 11.5. The van der Waals surface area contributed by atoms with E-state index in [-0.39, 0.29) is 24.9 Å². The van der Waals surface area contributed by atoms with E-state index in [9.17, 15) is 9.59 Å². The third-order valence-electron chi connectivity index (χ3n) is 2.50. The fraction of sp³-hybridized carbons (Fsp3) is 0.385. The number of nitrogens with one attached hydrogen (secondary N) is 3. The smallest absolute Gasteiger partial charge is 0.238 e. The van der Waals surface area contributed by atoms with E-state index in [1.165, 1.54) is 5.56 Å². The summed E-state index contributed by atoms with van der Waals surface area (Å²) in [5.41, 5.74) is 1.99. The highest BCUT2D eigenvalue weighted by Gasteiger charge is 2.03. The molecule has 0 aliphatic heterocycles. The minimum atomic E-state index is -0.164. The van der Waals surface area contributed by atoms with Crippen molar-refractivity contribution in [3.05, 3.63) is 29.8 Å². The minimum absolute atomic E-state index is 0.114. The Labute approximate surface area is 107 Å². The molecule has 98 valence electrons. The number of hydrogen-bond acceptors (Lipinski definition) is 3. The van der Waals surface area contributed by atoms with Crippen LogP contribution in [0.25, 0.3) is 0 Å². The van der Waals surface area contributed by atoms with Crippen LogP contribution in [0.2, 0.25) is 0 Å². The molecule has 0 saturated heterocycles. The number of aryl methyl sites for hydroxylation is 1. The summed E-state index contributed by atoms with van der Waals surface area (Å²) in [6.45, 7) is 2.33. The summed E-state index contributed by atoms with van der Waals surface area (Å²) < 4.78 is 0. The molecule has 18 heavy (non-hydrogen) atoms. The van der Waals surface area contributed by atoms with Gasteiger partial charge in [-0.15, -0.1) is 0 Å². The van der Waals surface area contributed by atoms with Crippen LogP contribution in [0.15, 0.2) is 24.3 Å². The molecular weight excluding hydrogens is 230 g/mol. The second-order valence-electron chi connectivity index (χ2n) is 3.88. The molecule has 0 heterocycles. The van der Waals surface area contributed by atoms with Crippen LogP contribution >= 0.6 is 0 Å². The molecule has 1 rings (SSSR count). The van der Waals surface area contributed by atoms with E-state index in [1.54, 1.807) is 7.05 Å². The van der Waals surface area contributed by atoms with Crippen molar-refractivity contribution < 1.29 is 9.59 Å². The second-order valence-corrected chi connectivity index (χ2v) is 3.88. The van der Waals surface area contributed by atoms with Crippen molar-refractivity contribution in [1.82, 2.24) is 10.6 Å². The van der Waals surface area contributed by atoms with Crippen molar-refractivity contribution >= 4 is 17.5 Å². The summed E-state index contributed by atoms with van der Waals surface area (Å²) in [5.74, 6) is -0.307. The molecule has 0 radical (unpaired) electrons. The quantitative estimate of drug-likeness (QED) is 0.688. The summed E-state index contributed by atoms with van der Waals surface area (Å²) >= 11 is 0. The Morgan fingerprint density at radius 1 is 1.06 bits per heavy atom. The van der Waals surface area contributed by atoms with Crippen molar-refractivity contribution in [2.45, 2.75) is 13.3 Å². The average Bonchev–Trinajstić information content (AvgIpc) is 2.39. The number of carbonyl (C=O) groups is 2. The third-order valence-corrected chi connectivity index (χ3v) is 2.50. The monoisotopic (exact) mass is 249 g/mol. The highest BCUT2D eigenvalue weighted by atomic mass is 16.2. The standard InChI is InChI=1S/C13H19N3O2/c1-3-10-4-6-11(7-5-10)16-13(18)9-15-8-12(17)14-2/h4-7,15H,3,8-9H2,1-2H3,(H,14,17)(H,16,18). The molecule has 0 bridgehead atoms. The van der Waals surface area contributed by atoms with Gasteiger partial charge < -0.3 is 10.6 Å². The van der Waals surface area contributed by atoms with Crippen molar-refractivity contribution in [2.24, 2.45) is 0 Å². The van der Waals surface area contributed by atoms with Crippen LogP contribution in [0, 0.1) is 0 Å². The van der Waals surface area contributed by atoms with E-state index in [2.05, 4.69) is 22.9 Å². The maximum Gasteiger partial charge on any atom is 0.238 e. The van der Waals surface area contributed by atoms with E-state index < -0.39 is 0 Å². The van der Waals surface area contributed by atoms with Crippen molar-refractivity contribution in [2.75, 3.05) is 25.5 Å². The highest BCUT2D eigenvalue weighted by Crippen LogP contribution is 2.09. The molecule has 3 N–H and O–H groups in total. The van der Waals surface area contributed by atoms with Gasteiger partial charge in [-0.2, -0.15) is 0 Å². The molecule has 0 saturated carbocycles. The maximum atomic E-state index is 11.5. The lowest BCUT2D eigenvalue weighted by Gasteiger charge is -2.07. The summed E-state index contributed by atoms with van der Waals surface area (Å²) in [7, 11) is 1.55. The highest BCUT2D eigenvalue weighted by molar-refractivity contribution is 5.92. The first-order valence-corrected chi connectivity index (χ1v) is 5.95. The third kappa shape index (κ3) is 4.97. The zero-order chi connectivity index (χ0) is 13.4. The lowest BCUT2D eigenvalue weighted by atomic mass is 10.1. The molecule has 0 spiro atoms. The predicted octanol–water partition coefficient (Wildman–Crippen LogP) is 0.523. The van der Waals surface area contributed by atoms with Gasteiger partial charge >= 0.3 is 0 Å².